The van der Waals surface area contributed by atoms with Crippen molar-refractivity contribution in [1.82, 2.24) is 4.98 Å². The molecule has 0 N–H and O–H groups in total. The number of aryl methyl sites for hydroxylation is 2. The van der Waals surface area contributed by atoms with Gasteiger partial charge in [-0.2, -0.15) is 0 Å². The average molecular weight is 278 g/mol. The van der Waals surface area contributed by atoms with Gasteiger partial charge in [-0.25, -0.2) is 0 Å². The third-order valence-electron chi connectivity index (χ3n) is 4.47. The Morgan fingerprint density at radius 1 is 1.05 bits per heavy atom. The van der Waals surface area contributed by atoms with Gasteiger partial charge in [0.05, 0.1) is 5.54 Å². The van der Waals surface area contributed by atoms with Gasteiger partial charge in [0.1, 0.15) is 0 Å². The fraction of sp³-hybridized carbons (Fsp3) is 0.368. The van der Waals surface area contributed by atoms with Crippen molar-refractivity contribution in [2.24, 2.45) is 4.99 Å². The maximum absolute atomic E-state index is 5.04. The maximum atomic E-state index is 5.04. The van der Waals surface area contributed by atoms with Crippen LogP contribution in [0, 0.1) is 13.8 Å². The van der Waals surface area contributed by atoms with Crippen LogP contribution in [-0.2, 0) is 0 Å². The van der Waals surface area contributed by atoms with Crippen molar-refractivity contribution in [3.8, 4) is 0 Å². The smallest absolute Gasteiger partial charge is 0.0627 e. The second kappa shape index (κ2) is 5.10. The minimum atomic E-state index is -0.0615. The molecule has 0 saturated heterocycles. The van der Waals surface area contributed by atoms with Crippen molar-refractivity contribution in [2.75, 3.05) is 0 Å². The lowest BCUT2D eigenvalue weighted by Crippen LogP contribution is -2.22. The topological polar surface area (TPSA) is 25.2 Å². The van der Waals surface area contributed by atoms with E-state index in [1.54, 1.807) is 0 Å². The van der Waals surface area contributed by atoms with Crippen LogP contribution in [0.2, 0.25) is 0 Å². The molecular weight excluding hydrogens is 256 g/mol. The average Bonchev–Trinajstić information content (AvgIpc) is 2.75. The molecule has 0 radical (unpaired) electrons. The van der Waals surface area contributed by atoms with E-state index in [1.807, 2.05) is 12.4 Å². The van der Waals surface area contributed by atoms with Crippen molar-refractivity contribution in [1.29, 1.82) is 0 Å². The minimum Gasteiger partial charge on any atom is -0.282 e. The summed E-state index contributed by atoms with van der Waals surface area (Å²) in [5.41, 5.74) is 6.43. The summed E-state index contributed by atoms with van der Waals surface area (Å²) < 4.78 is 0. The number of hydrogen-bond donors (Lipinski definition) is 0. The molecule has 0 saturated carbocycles. The van der Waals surface area contributed by atoms with Gasteiger partial charge < -0.3 is 0 Å². The number of aliphatic imine (C=N–C) groups is 1. The van der Waals surface area contributed by atoms with Crippen LogP contribution in [0.4, 0.5) is 0 Å². The Bertz CT molecular complexity index is 684. The first kappa shape index (κ1) is 14.0. The predicted octanol–water partition coefficient (Wildman–Crippen LogP) is 4.45. The Morgan fingerprint density at radius 2 is 1.76 bits per heavy atom. The van der Waals surface area contributed by atoms with Crippen molar-refractivity contribution in [3.63, 3.8) is 0 Å². The van der Waals surface area contributed by atoms with Crippen LogP contribution in [0.1, 0.15) is 48.4 Å². The molecule has 1 unspecified atom stereocenters. The van der Waals surface area contributed by atoms with E-state index >= 15 is 0 Å². The molecule has 3 rings (SSSR count). The van der Waals surface area contributed by atoms with Crippen LogP contribution >= 0.6 is 0 Å². The maximum Gasteiger partial charge on any atom is 0.0627 e. The molecular formula is C19H22N2. The van der Waals surface area contributed by atoms with Gasteiger partial charge in [-0.05, 0) is 62.9 Å². The minimum absolute atomic E-state index is 0.0615. The number of rotatable bonds is 2. The molecule has 1 atom stereocenters. The fourth-order valence-electron chi connectivity index (χ4n) is 3.34. The van der Waals surface area contributed by atoms with E-state index in [4.69, 9.17) is 4.99 Å². The molecule has 2 heteroatoms. The lowest BCUT2D eigenvalue weighted by molar-refractivity contribution is 0.452. The number of benzene rings is 1. The zero-order chi connectivity index (χ0) is 15.0. The number of nitrogens with zero attached hydrogens (tertiary/aromatic N) is 2. The third kappa shape index (κ3) is 2.63. The number of hydrogen-bond acceptors (Lipinski definition) is 2. The Hall–Kier alpha value is -1.96. The Labute approximate surface area is 127 Å². The van der Waals surface area contributed by atoms with Gasteiger partial charge >= 0.3 is 0 Å². The fourth-order valence-corrected chi connectivity index (χ4v) is 3.34. The van der Waals surface area contributed by atoms with Gasteiger partial charge in [0.2, 0.25) is 0 Å². The highest BCUT2D eigenvalue weighted by Crippen LogP contribution is 2.41. The van der Waals surface area contributed by atoms with E-state index in [0.29, 0.717) is 5.92 Å². The quantitative estimate of drug-likeness (QED) is 0.796. The van der Waals surface area contributed by atoms with Crippen molar-refractivity contribution >= 4 is 5.71 Å². The van der Waals surface area contributed by atoms with Gasteiger partial charge in [0, 0.05) is 24.0 Å². The van der Waals surface area contributed by atoms with Gasteiger partial charge in [0.25, 0.3) is 0 Å². The second-order valence-electron chi connectivity index (χ2n) is 6.57. The Balaban J connectivity index is 1.97. The number of aromatic nitrogens is 1. The van der Waals surface area contributed by atoms with Crippen LogP contribution in [0.3, 0.4) is 0 Å². The number of pyridine rings is 1. The van der Waals surface area contributed by atoms with E-state index in [9.17, 15) is 0 Å². The zero-order valence-electron chi connectivity index (χ0n) is 13.2. The summed E-state index contributed by atoms with van der Waals surface area (Å²) in [4.78, 5) is 9.16. The molecule has 0 fully saturated rings. The molecule has 0 amide bonds. The van der Waals surface area contributed by atoms with Gasteiger partial charge in [0.15, 0.2) is 0 Å². The van der Waals surface area contributed by atoms with Gasteiger partial charge in [-0.3, -0.25) is 9.98 Å². The zero-order valence-corrected chi connectivity index (χ0v) is 13.2. The second-order valence-corrected chi connectivity index (χ2v) is 6.57. The van der Waals surface area contributed by atoms with E-state index in [0.717, 1.165) is 6.42 Å². The summed E-state index contributed by atoms with van der Waals surface area (Å²) in [6.07, 6.45) is 4.75. The first-order chi connectivity index (χ1) is 9.97. The standard InChI is InChI=1S/C19H22N2/c1-13-5-6-16(14(2)11-13)18-12-17(19(3,4)21-18)15-7-9-20-10-8-15/h5-11,17H,12H2,1-4H3. The lowest BCUT2D eigenvalue weighted by Gasteiger charge is -2.24. The first-order valence-corrected chi connectivity index (χ1v) is 7.53. The highest BCUT2D eigenvalue weighted by Gasteiger charge is 2.37. The Kier molecular flexibility index (Phi) is 3.40. The summed E-state index contributed by atoms with van der Waals surface area (Å²) >= 11 is 0. The largest absolute Gasteiger partial charge is 0.282 e. The van der Waals surface area contributed by atoms with Crippen LogP contribution in [0.5, 0.6) is 0 Å². The monoisotopic (exact) mass is 278 g/mol. The molecule has 2 heterocycles. The van der Waals surface area contributed by atoms with Crippen LogP contribution in [0.15, 0.2) is 47.7 Å². The molecule has 108 valence electrons. The molecule has 1 aliphatic rings. The van der Waals surface area contributed by atoms with Crippen LogP contribution < -0.4 is 0 Å². The highest BCUT2D eigenvalue weighted by atomic mass is 14.9. The molecule has 21 heavy (non-hydrogen) atoms. The van der Waals surface area contributed by atoms with Crippen molar-refractivity contribution in [2.45, 2.75) is 45.6 Å². The summed E-state index contributed by atoms with van der Waals surface area (Å²) in [7, 11) is 0. The molecule has 0 aliphatic carbocycles. The summed E-state index contributed by atoms with van der Waals surface area (Å²) in [6, 6.07) is 10.9. The van der Waals surface area contributed by atoms with E-state index in [1.165, 1.54) is 28.0 Å². The van der Waals surface area contributed by atoms with Crippen molar-refractivity contribution in [3.05, 3.63) is 65.0 Å². The summed E-state index contributed by atoms with van der Waals surface area (Å²) in [6.45, 7) is 8.78. The summed E-state index contributed by atoms with van der Waals surface area (Å²) in [5.74, 6) is 0.427. The molecule has 2 nitrogen and oxygen atoms in total. The van der Waals surface area contributed by atoms with Gasteiger partial charge in [-0.1, -0.05) is 23.8 Å². The summed E-state index contributed by atoms with van der Waals surface area (Å²) in [5, 5.41) is 0. The lowest BCUT2D eigenvalue weighted by atomic mass is 9.82. The molecule has 1 aromatic heterocycles. The van der Waals surface area contributed by atoms with E-state index in [2.05, 4.69) is 63.0 Å². The first-order valence-electron chi connectivity index (χ1n) is 7.53. The van der Waals surface area contributed by atoms with E-state index in [-0.39, 0.29) is 5.54 Å². The van der Waals surface area contributed by atoms with Crippen molar-refractivity contribution < 1.29 is 0 Å². The SMILES string of the molecule is Cc1ccc(C2=NC(C)(C)C(c3ccncc3)C2)c(C)c1. The molecule has 0 spiro atoms. The predicted molar refractivity (Wildman–Crippen MR) is 88.1 cm³/mol. The van der Waals surface area contributed by atoms with Crippen LogP contribution in [0.25, 0.3) is 0 Å². The van der Waals surface area contributed by atoms with E-state index < -0.39 is 0 Å². The third-order valence-corrected chi connectivity index (χ3v) is 4.47. The van der Waals surface area contributed by atoms with Gasteiger partial charge in [-0.15, -0.1) is 0 Å². The molecule has 1 aliphatic heterocycles. The van der Waals surface area contributed by atoms with Crippen LogP contribution in [-0.4, -0.2) is 16.2 Å². The highest BCUT2D eigenvalue weighted by molar-refractivity contribution is 6.04. The molecule has 0 bridgehead atoms. The Morgan fingerprint density at radius 3 is 2.43 bits per heavy atom. The molecule has 1 aromatic carbocycles. The normalized spacial score (nSPS) is 20.4. The molecule has 2 aromatic rings.